The second-order valence-electron chi connectivity index (χ2n) is 6.98. The third-order valence-corrected chi connectivity index (χ3v) is 6.56. The van der Waals surface area contributed by atoms with E-state index < -0.39 is 27.4 Å². The third-order valence-electron chi connectivity index (χ3n) is 4.77. The monoisotopic (exact) mass is 498 g/mol. The van der Waals surface area contributed by atoms with Gasteiger partial charge in [0.15, 0.2) is 11.5 Å². The summed E-state index contributed by atoms with van der Waals surface area (Å²) >= 11 is 0. The zero-order chi connectivity index (χ0) is 25.4. The summed E-state index contributed by atoms with van der Waals surface area (Å²) in [5.41, 5.74) is 2.42. The Morgan fingerprint density at radius 1 is 1.06 bits per heavy atom. The second kappa shape index (κ2) is 11.1. The first kappa shape index (κ1) is 25.2. The highest BCUT2D eigenvalue weighted by Gasteiger charge is 2.28. The van der Waals surface area contributed by atoms with Crippen LogP contribution in [0.15, 0.2) is 82.8 Å². The van der Waals surface area contributed by atoms with Crippen LogP contribution >= 0.6 is 0 Å². The van der Waals surface area contributed by atoms with Crippen LogP contribution < -0.4 is 19.2 Å². The van der Waals surface area contributed by atoms with Gasteiger partial charge >= 0.3 is 0 Å². The van der Waals surface area contributed by atoms with Gasteiger partial charge in [-0.2, -0.15) is 5.10 Å². The molecule has 35 heavy (non-hydrogen) atoms. The largest absolute Gasteiger partial charge is 0.493 e. The number of rotatable bonds is 10. The predicted octanol–water partition coefficient (Wildman–Crippen LogP) is 2.96. The summed E-state index contributed by atoms with van der Waals surface area (Å²) in [5, 5.41) is 15.1. The van der Waals surface area contributed by atoms with Crippen LogP contribution in [-0.2, 0) is 14.8 Å². The molecular formula is C23H22N4O7S. The fourth-order valence-corrected chi connectivity index (χ4v) is 4.58. The molecule has 0 saturated carbocycles. The van der Waals surface area contributed by atoms with E-state index >= 15 is 0 Å². The van der Waals surface area contributed by atoms with Crippen LogP contribution in [-0.4, -0.2) is 46.2 Å². The third kappa shape index (κ3) is 5.92. The van der Waals surface area contributed by atoms with Gasteiger partial charge in [-0.15, -0.1) is 0 Å². The lowest BCUT2D eigenvalue weighted by Crippen LogP contribution is -2.39. The van der Waals surface area contributed by atoms with Crippen molar-refractivity contribution in [3.05, 3.63) is 88.5 Å². The molecule has 0 aliphatic heterocycles. The number of sulfonamides is 1. The molecule has 3 rings (SSSR count). The van der Waals surface area contributed by atoms with Gasteiger partial charge in [0, 0.05) is 17.7 Å². The highest BCUT2D eigenvalue weighted by atomic mass is 32.2. The number of carbonyl (C=O) groups excluding carboxylic acids is 1. The summed E-state index contributed by atoms with van der Waals surface area (Å²) < 4.78 is 37.9. The lowest BCUT2D eigenvalue weighted by atomic mass is 10.2. The molecule has 0 spiro atoms. The molecule has 11 nitrogen and oxygen atoms in total. The van der Waals surface area contributed by atoms with E-state index in [1.807, 2.05) is 0 Å². The van der Waals surface area contributed by atoms with Crippen LogP contribution in [0.25, 0.3) is 0 Å². The van der Waals surface area contributed by atoms with Gasteiger partial charge in [0.05, 0.1) is 35.9 Å². The highest BCUT2D eigenvalue weighted by Crippen LogP contribution is 2.29. The average molecular weight is 499 g/mol. The van der Waals surface area contributed by atoms with Crippen molar-refractivity contribution in [1.82, 2.24) is 5.43 Å². The molecule has 0 atom stereocenters. The van der Waals surface area contributed by atoms with E-state index in [1.54, 1.807) is 24.3 Å². The first-order valence-corrected chi connectivity index (χ1v) is 11.6. The maximum absolute atomic E-state index is 13.3. The molecule has 0 saturated heterocycles. The summed E-state index contributed by atoms with van der Waals surface area (Å²) in [6.45, 7) is -0.676. The average Bonchev–Trinajstić information content (AvgIpc) is 2.87. The molecule has 1 amide bonds. The van der Waals surface area contributed by atoms with Crippen LogP contribution in [0.4, 0.5) is 11.4 Å². The Bertz CT molecular complexity index is 1340. The van der Waals surface area contributed by atoms with E-state index in [9.17, 15) is 23.3 Å². The van der Waals surface area contributed by atoms with E-state index in [0.717, 1.165) is 10.4 Å². The zero-order valence-corrected chi connectivity index (χ0v) is 19.6. The van der Waals surface area contributed by atoms with Gasteiger partial charge in [-0.1, -0.05) is 30.3 Å². The van der Waals surface area contributed by atoms with Crippen molar-refractivity contribution in [2.75, 3.05) is 25.1 Å². The SMILES string of the molecule is COc1cccc(/C=N\NC(=O)CN(c2cccc([N+](=O)[O-])c2)S(=O)(=O)c2ccccc2)c1OC. The van der Waals surface area contributed by atoms with Gasteiger partial charge in [-0.25, -0.2) is 13.8 Å². The van der Waals surface area contributed by atoms with Crippen LogP contribution in [0.5, 0.6) is 11.5 Å². The quantitative estimate of drug-likeness (QED) is 0.257. The van der Waals surface area contributed by atoms with Gasteiger partial charge in [0.25, 0.3) is 21.6 Å². The predicted molar refractivity (Wildman–Crippen MR) is 129 cm³/mol. The number of carbonyl (C=O) groups is 1. The van der Waals surface area contributed by atoms with Gasteiger partial charge in [-0.05, 0) is 30.3 Å². The van der Waals surface area contributed by atoms with E-state index in [1.165, 1.54) is 62.9 Å². The molecular weight excluding hydrogens is 476 g/mol. The molecule has 0 aromatic heterocycles. The summed E-state index contributed by atoms with van der Waals surface area (Å²) in [6, 6.07) is 17.5. The second-order valence-corrected chi connectivity index (χ2v) is 8.84. The molecule has 0 bridgehead atoms. The number of nitro groups is 1. The maximum Gasteiger partial charge on any atom is 0.271 e. The Hall–Kier alpha value is -4.45. The standard InChI is InChI=1S/C23H22N4O7S/c1-33-21-13-6-8-17(23(21)34-2)15-24-25-22(28)16-26(18-9-7-10-19(14-18)27(29)30)35(31,32)20-11-4-3-5-12-20/h3-15H,16H2,1-2H3,(H,25,28)/b24-15-. The Labute approximate surface area is 201 Å². The Morgan fingerprint density at radius 2 is 1.77 bits per heavy atom. The smallest absolute Gasteiger partial charge is 0.271 e. The molecule has 0 fully saturated rings. The van der Waals surface area contributed by atoms with Crippen LogP contribution in [0.2, 0.25) is 0 Å². The highest BCUT2D eigenvalue weighted by molar-refractivity contribution is 7.92. The molecule has 0 unspecified atom stereocenters. The maximum atomic E-state index is 13.3. The van der Waals surface area contributed by atoms with Crippen molar-refractivity contribution >= 4 is 33.5 Å². The minimum absolute atomic E-state index is 0.0448. The molecule has 0 radical (unpaired) electrons. The van der Waals surface area contributed by atoms with E-state index in [-0.39, 0.29) is 16.3 Å². The van der Waals surface area contributed by atoms with Crippen LogP contribution in [0, 0.1) is 10.1 Å². The van der Waals surface area contributed by atoms with Crippen LogP contribution in [0.1, 0.15) is 5.56 Å². The van der Waals surface area contributed by atoms with Crippen molar-refractivity contribution in [3.63, 3.8) is 0 Å². The Morgan fingerprint density at radius 3 is 2.43 bits per heavy atom. The van der Waals surface area contributed by atoms with Crippen molar-refractivity contribution in [3.8, 4) is 11.5 Å². The normalized spacial score (nSPS) is 11.1. The number of benzene rings is 3. The minimum Gasteiger partial charge on any atom is -0.493 e. The van der Waals surface area contributed by atoms with Gasteiger partial charge in [0.1, 0.15) is 6.54 Å². The number of ether oxygens (including phenoxy) is 2. The minimum atomic E-state index is -4.23. The van der Waals surface area contributed by atoms with E-state index in [4.69, 9.17) is 9.47 Å². The number of nitrogens with one attached hydrogen (secondary N) is 1. The summed E-state index contributed by atoms with van der Waals surface area (Å²) in [6.07, 6.45) is 1.32. The van der Waals surface area contributed by atoms with Gasteiger partial charge in [-0.3, -0.25) is 19.2 Å². The van der Waals surface area contributed by atoms with E-state index in [2.05, 4.69) is 10.5 Å². The molecule has 182 valence electrons. The number of hydrazone groups is 1. The van der Waals surface area contributed by atoms with Crippen LogP contribution in [0.3, 0.4) is 0 Å². The summed E-state index contributed by atoms with van der Waals surface area (Å²) in [7, 11) is -1.29. The van der Waals surface area contributed by atoms with Crippen molar-refractivity contribution in [2.24, 2.45) is 5.10 Å². The number of methoxy groups -OCH3 is 2. The number of anilines is 1. The number of hydrogen-bond donors (Lipinski definition) is 1. The fraction of sp³-hybridized carbons (Fsp3) is 0.130. The van der Waals surface area contributed by atoms with Crippen molar-refractivity contribution in [1.29, 1.82) is 0 Å². The Balaban J connectivity index is 1.88. The molecule has 12 heteroatoms. The van der Waals surface area contributed by atoms with Crippen molar-refractivity contribution in [2.45, 2.75) is 4.90 Å². The number of hydrogen-bond acceptors (Lipinski definition) is 8. The van der Waals surface area contributed by atoms with Crippen molar-refractivity contribution < 1.29 is 27.6 Å². The number of amides is 1. The summed E-state index contributed by atoms with van der Waals surface area (Å²) in [4.78, 5) is 23.2. The number of nitro benzene ring substituents is 1. The first-order chi connectivity index (χ1) is 16.8. The first-order valence-electron chi connectivity index (χ1n) is 10.1. The molecule has 1 N–H and O–H groups in total. The lowest BCUT2D eigenvalue weighted by Gasteiger charge is -2.23. The zero-order valence-electron chi connectivity index (χ0n) is 18.8. The van der Waals surface area contributed by atoms with E-state index in [0.29, 0.717) is 17.1 Å². The summed E-state index contributed by atoms with van der Waals surface area (Å²) in [5.74, 6) is 0.0978. The topological polar surface area (TPSA) is 140 Å². The van der Waals surface area contributed by atoms with Gasteiger partial charge < -0.3 is 9.47 Å². The lowest BCUT2D eigenvalue weighted by molar-refractivity contribution is -0.384. The molecule has 3 aromatic rings. The molecule has 0 aliphatic rings. The number of para-hydroxylation sites is 1. The fourth-order valence-electron chi connectivity index (χ4n) is 3.15. The Kier molecular flexibility index (Phi) is 8.00. The molecule has 0 aliphatic carbocycles. The molecule has 3 aromatic carbocycles. The number of nitrogens with zero attached hydrogens (tertiary/aromatic N) is 3. The molecule has 0 heterocycles. The number of non-ortho nitro benzene ring substituents is 1. The van der Waals surface area contributed by atoms with Gasteiger partial charge in [0.2, 0.25) is 0 Å².